The van der Waals surface area contributed by atoms with Crippen molar-refractivity contribution in [2.24, 2.45) is 0 Å². The van der Waals surface area contributed by atoms with E-state index in [0.29, 0.717) is 12.1 Å². The van der Waals surface area contributed by atoms with E-state index in [2.05, 4.69) is 42.3 Å². The molecule has 1 aliphatic carbocycles. The minimum absolute atomic E-state index is 0.609. The highest BCUT2D eigenvalue weighted by Crippen LogP contribution is 2.20. The van der Waals surface area contributed by atoms with Gasteiger partial charge in [-0.15, -0.1) is 0 Å². The fourth-order valence-corrected chi connectivity index (χ4v) is 2.10. The summed E-state index contributed by atoms with van der Waals surface area (Å²) in [6.45, 7) is 6.77. The number of allylic oxidation sites excluding steroid dienone is 3. The summed E-state index contributed by atoms with van der Waals surface area (Å²) in [6.07, 6.45) is 9.31. The molecule has 14 heavy (non-hydrogen) atoms. The molecule has 0 saturated carbocycles. The molecule has 1 fully saturated rings. The highest BCUT2D eigenvalue weighted by atomic mass is 15.3. The summed E-state index contributed by atoms with van der Waals surface area (Å²) in [5.74, 6) is 0. The van der Waals surface area contributed by atoms with Crippen molar-refractivity contribution in [1.82, 2.24) is 10.2 Å². The van der Waals surface area contributed by atoms with Crippen molar-refractivity contribution in [3.63, 3.8) is 0 Å². The van der Waals surface area contributed by atoms with Crippen LogP contribution in [0.25, 0.3) is 0 Å². The first-order valence-electron chi connectivity index (χ1n) is 5.63. The molecule has 0 atom stereocenters. The minimum atomic E-state index is 0.609. The quantitative estimate of drug-likeness (QED) is 0.734. The number of likely N-dealkylation sites (tertiary alicyclic amines) is 1. The Labute approximate surface area is 86.7 Å². The fourth-order valence-electron chi connectivity index (χ4n) is 2.10. The third-order valence-electron chi connectivity index (χ3n) is 2.79. The van der Waals surface area contributed by atoms with Crippen LogP contribution in [0.15, 0.2) is 23.9 Å². The lowest BCUT2D eigenvalue weighted by Crippen LogP contribution is -2.58. The van der Waals surface area contributed by atoms with E-state index in [-0.39, 0.29) is 0 Å². The van der Waals surface area contributed by atoms with E-state index in [1.807, 2.05) is 0 Å². The van der Waals surface area contributed by atoms with Crippen molar-refractivity contribution in [2.75, 3.05) is 13.1 Å². The molecule has 1 N–H and O–H groups in total. The first-order valence-corrected chi connectivity index (χ1v) is 5.63. The highest BCUT2D eigenvalue weighted by Gasteiger charge is 2.27. The van der Waals surface area contributed by atoms with Crippen LogP contribution in [0.5, 0.6) is 0 Å². The lowest BCUT2D eigenvalue weighted by atomic mass is 10.0. The van der Waals surface area contributed by atoms with E-state index in [4.69, 9.17) is 0 Å². The van der Waals surface area contributed by atoms with Crippen molar-refractivity contribution >= 4 is 0 Å². The maximum absolute atomic E-state index is 3.56. The van der Waals surface area contributed by atoms with Gasteiger partial charge in [0.1, 0.15) is 0 Å². The van der Waals surface area contributed by atoms with Gasteiger partial charge in [0, 0.05) is 30.9 Å². The predicted octanol–water partition coefficient (Wildman–Crippen LogP) is 1.90. The van der Waals surface area contributed by atoms with E-state index in [1.54, 1.807) is 0 Å². The molecule has 2 aliphatic rings. The molecule has 2 rings (SSSR count). The predicted molar refractivity (Wildman–Crippen MR) is 60.1 cm³/mol. The van der Waals surface area contributed by atoms with Gasteiger partial charge < -0.3 is 10.2 Å². The first-order chi connectivity index (χ1) is 6.75. The Kier molecular flexibility index (Phi) is 2.92. The van der Waals surface area contributed by atoms with Crippen molar-refractivity contribution in [1.29, 1.82) is 0 Å². The molecule has 0 radical (unpaired) electrons. The summed E-state index contributed by atoms with van der Waals surface area (Å²) >= 11 is 0. The second-order valence-electron chi connectivity index (χ2n) is 4.53. The zero-order valence-electron chi connectivity index (χ0n) is 9.16. The molecule has 1 heterocycles. The highest BCUT2D eigenvalue weighted by molar-refractivity contribution is 5.23. The number of rotatable bonds is 3. The molecule has 1 aliphatic heterocycles. The monoisotopic (exact) mass is 192 g/mol. The molecule has 78 valence electrons. The summed E-state index contributed by atoms with van der Waals surface area (Å²) in [5.41, 5.74) is 1.43. The Morgan fingerprint density at radius 2 is 2.14 bits per heavy atom. The van der Waals surface area contributed by atoms with Crippen molar-refractivity contribution in [3.8, 4) is 0 Å². The second kappa shape index (κ2) is 4.18. The molecular weight excluding hydrogens is 172 g/mol. The van der Waals surface area contributed by atoms with Crippen LogP contribution in [0.2, 0.25) is 0 Å². The summed E-state index contributed by atoms with van der Waals surface area (Å²) in [7, 11) is 0. The van der Waals surface area contributed by atoms with Crippen LogP contribution in [0.4, 0.5) is 0 Å². The number of hydrogen-bond acceptors (Lipinski definition) is 2. The molecule has 0 unspecified atom stereocenters. The molecule has 1 saturated heterocycles. The topological polar surface area (TPSA) is 15.3 Å². The molecule has 0 spiro atoms. The maximum Gasteiger partial charge on any atom is 0.0422 e. The number of hydrogen-bond donors (Lipinski definition) is 1. The lowest BCUT2D eigenvalue weighted by Gasteiger charge is -2.43. The largest absolute Gasteiger partial charge is 0.369 e. The Morgan fingerprint density at radius 3 is 2.71 bits per heavy atom. The lowest BCUT2D eigenvalue weighted by molar-refractivity contribution is 0.167. The van der Waals surface area contributed by atoms with Crippen molar-refractivity contribution < 1.29 is 0 Å². The third kappa shape index (κ3) is 2.18. The van der Waals surface area contributed by atoms with Crippen LogP contribution in [0, 0.1) is 0 Å². The molecule has 0 aromatic rings. The normalized spacial score (nSPS) is 22.5. The summed E-state index contributed by atoms with van der Waals surface area (Å²) in [6, 6.07) is 1.31. The van der Waals surface area contributed by atoms with Crippen molar-refractivity contribution in [3.05, 3.63) is 23.9 Å². The van der Waals surface area contributed by atoms with Crippen LogP contribution in [-0.4, -0.2) is 30.1 Å². The second-order valence-corrected chi connectivity index (χ2v) is 4.53. The van der Waals surface area contributed by atoms with Gasteiger partial charge >= 0.3 is 0 Å². The van der Waals surface area contributed by atoms with E-state index in [1.165, 1.54) is 31.6 Å². The Morgan fingerprint density at radius 1 is 1.36 bits per heavy atom. The van der Waals surface area contributed by atoms with Gasteiger partial charge in [-0.3, -0.25) is 0 Å². The minimum Gasteiger partial charge on any atom is -0.369 e. The molecule has 0 aromatic heterocycles. The summed E-state index contributed by atoms with van der Waals surface area (Å²) in [5, 5.41) is 3.56. The molecular formula is C12H20N2. The fraction of sp³-hybridized carbons (Fsp3) is 0.667. The molecule has 0 amide bonds. The number of nitrogens with one attached hydrogen (secondary N) is 1. The van der Waals surface area contributed by atoms with E-state index < -0.39 is 0 Å². The van der Waals surface area contributed by atoms with Gasteiger partial charge in [-0.05, 0) is 18.9 Å². The maximum atomic E-state index is 3.56. The van der Waals surface area contributed by atoms with Gasteiger partial charge in [-0.1, -0.05) is 26.0 Å². The van der Waals surface area contributed by atoms with Gasteiger partial charge in [0.2, 0.25) is 0 Å². The Hall–Kier alpha value is -0.760. The molecule has 0 bridgehead atoms. The summed E-state index contributed by atoms with van der Waals surface area (Å²) < 4.78 is 0. The van der Waals surface area contributed by atoms with Crippen molar-refractivity contribution in [2.45, 2.75) is 38.8 Å². The van der Waals surface area contributed by atoms with Crippen LogP contribution < -0.4 is 5.32 Å². The van der Waals surface area contributed by atoms with E-state index in [0.717, 1.165) is 0 Å². The van der Waals surface area contributed by atoms with Crippen LogP contribution >= 0.6 is 0 Å². The molecule has 2 nitrogen and oxygen atoms in total. The first kappa shape index (κ1) is 9.78. The zero-order chi connectivity index (χ0) is 9.97. The Bertz CT molecular complexity index is 247. The van der Waals surface area contributed by atoms with Gasteiger partial charge in [0.25, 0.3) is 0 Å². The van der Waals surface area contributed by atoms with E-state index >= 15 is 0 Å². The SMILES string of the molecule is CC(C)NC1CN(C2=CCCC=C2)C1. The standard InChI is InChI=1S/C12H20N2/c1-10(2)13-11-8-14(9-11)12-6-4-3-5-7-12/h4,6-7,10-11,13H,3,5,8-9H2,1-2H3. The smallest absolute Gasteiger partial charge is 0.0422 e. The molecule has 0 aromatic carbocycles. The van der Waals surface area contributed by atoms with Gasteiger partial charge in [0.15, 0.2) is 0 Å². The zero-order valence-corrected chi connectivity index (χ0v) is 9.16. The van der Waals surface area contributed by atoms with Gasteiger partial charge in [-0.25, -0.2) is 0 Å². The van der Waals surface area contributed by atoms with Gasteiger partial charge in [0.05, 0.1) is 0 Å². The van der Waals surface area contributed by atoms with Crippen LogP contribution in [0.1, 0.15) is 26.7 Å². The molecule has 2 heteroatoms. The third-order valence-corrected chi connectivity index (χ3v) is 2.79. The van der Waals surface area contributed by atoms with Gasteiger partial charge in [-0.2, -0.15) is 0 Å². The Balaban J connectivity index is 1.77. The van der Waals surface area contributed by atoms with Crippen LogP contribution in [0.3, 0.4) is 0 Å². The average Bonchev–Trinajstić information content (AvgIpc) is 2.12. The summed E-state index contributed by atoms with van der Waals surface area (Å²) in [4.78, 5) is 2.45. The number of nitrogens with zero attached hydrogens (tertiary/aromatic N) is 1. The van der Waals surface area contributed by atoms with E-state index in [9.17, 15) is 0 Å². The average molecular weight is 192 g/mol. The van der Waals surface area contributed by atoms with Crippen LogP contribution in [-0.2, 0) is 0 Å².